The van der Waals surface area contributed by atoms with Gasteiger partial charge in [0.15, 0.2) is 6.29 Å². The molecule has 0 radical (unpaired) electrons. The highest BCUT2D eigenvalue weighted by atomic mass is 16.4. The highest BCUT2D eigenvalue weighted by molar-refractivity contribution is 6.31. The summed E-state index contributed by atoms with van der Waals surface area (Å²) >= 11 is 0. The summed E-state index contributed by atoms with van der Waals surface area (Å²) in [6, 6.07) is 0. The second kappa shape index (κ2) is 3.65. The van der Waals surface area contributed by atoms with Crippen LogP contribution in [0.2, 0.25) is 0 Å². The number of carbonyl (C=O) groups excluding carboxylic acids is 3. The van der Waals surface area contributed by atoms with Gasteiger partial charge >= 0.3 is 5.97 Å². The summed E-state index contributed by atoms with van der Waals surface area (Å²) in [6.07, 6.45) is -0.295. The van der Waals surface area contributed by atoms with Crippen molar-refractivity contribution in [2.24, 2.45) is 11.1 Å². The minimum atomic E-state index is -2.82. The zero-order valence-electron chi connectivity index (χ0n) is 6.73. The van der Waals surface area contributed by atoms with Crippen LogP contribution in [0.15, 0.2) is 0 Å². The van der Waals surface area contributed by atoms with Crippen LogP contribution in [0.5, 0.6) is 0 Å². The standard InChI is InChI=1S/C6H8N2O5/c1-8-4(11)6(2-9,3(7)10)5(12)13/h2H,1H3,(H2,7,10)(H,8,11)(H,12,13). The van der Waals surface area contributed by atoms with E-state index in [0.717, 1.165) is 7.05 Å². The summed E-state index contributed by atoms with van der Waals surface area (Å²) in [4.78, 5) is 42.4. The quantitative estimate of drug-likeness (QED) is 0.331. The second-order valence-corrected chi connectivity index (χ2v) is 2.17. The molecule has 0 aliphatic carbocycles. The first-order valence-electron chi connectivity index (χ1n) is 3.15. The maximum atomic E-state index is 10.9. The second-order valence-electron chi connectivity index (χ2n) is 2.17. The number of aliphatic carboxylic acids is 1. The lowest BCUT2D eigenvalue weighted by molar-refractivity contribution is -0.161. The van der Waals surface area contributed by atoms with Crippen molar-refractivity contribution in [2.45, 2.75) is 0 Å². The first-order valence-corrected chi connectivity index (χ1v) is 3.15. The van der Waals surface area contributed by atoms with Crippen molar-refractivity contribution < 1.29 is 24.3 Å². The van der Waals surface area contributed by atoms with Crippen molar-refractivity contribution in [3.8, 4) is 0 Å². The molecular weight excluding hydrogens is 180 g/mol. The summed E-state index contributed by atoms with van der Waals surface area (Å²) in [5.74, 6) is -4.67. The van der Waals surface area contributed by atoms with Crippen LogP contribution in [0.25, 0.3) is 0 Å². The molecule has 7 heteroatoms. The molecule has 0 bridgehead atoms. The molecule has 7 nitrogen and oxygen atoms in total. The van der Waals surface area contributed by atoms with Gasteiger partial charge in [-0.1, -0.05) is 0 Å². The van der Waals surface area contributed by atoms with Crippen molar-refractivity contribution in [1.82, 2.24) is 5.32 Å². The lowest BCUT2D eigenvalue weighted by Crippen LogP contribution is -2.55. The van der Waals surface area contributed by atoms with Crippen LogP contribution in [0.4, 0.5) is 0 Å². The van der Waals surface area contributed by atoms with Gasteiger partial charge in [0.05, 0.1) is 0 Å². The Balaban J connectivity index is 5.36. The molecule has 0 saturated carbocycles. The number of nitrogens with two attached hydrogens (primary N) is 1. The van der Waals surface area contributed by atoms with Gasteiger partial charge in [0.1, 0.15) is 0 Å². The number of primary amides is 1. The molecule has 4 N–H and O–H groups in total. The summed E-state index contributed by atoms with van der Waals surface area (Å²) in [6.45, 7) is 0. The molecule has 0 aliphatic heterocycles. The van der Waals surface area contributed by atoms with Gasteiger partial charge in [-0.25, -0.2) is 0 Å². The molecule has 0 fully saturated rings. The van der Waals surface area contributed by atoms with Gasteiger partial charge in [-0.05, 0) is 0 Å². The Morgan fingerprint density at radius 1 is 1.46 bits per heavy atom. The number of carboxylic acid groups (broad SMARTS) is 1. The highest BCUT2D eigenvalue weighted by Crippen LogP contribution is 2.13. The largest absolute Gasteiger partial charge is 0.480 e. The van der Waals surface area contributed by atoms with Gasteiger partial charge < -0.3 is 21.0 Å². The molecule has 0 spiro atoms. The van der Waals surface area contributed by atoms with E-state index in [0.29, 0.717) is 0 Å². The zero-order chi connectivity index (χ0) is 10.6. The van der Waals surface area contributed by atoms with Crippen molar-refractivity contribution in [3.05, 3.63) is 0 Å². The Morgan fingerprint density at radius 2 is 1.92 bits per heavy atom. The van der Waals surface area contributed by atoms with E-state index in [1.54, 1.807) is 0 Å². The summed E-state index contributed by atoms with van der Waals surface area (Å²) in [5.41, 5.74) is 1.82. The van der Waals surface area contributed by atoms with Gasteiger partial charge in [0, 0.05) is 7.05 Å². The molecule has 13 heavy (non-hydrogen) atoms. The number of hydrogen-bond donors (Lipinski definition) is 3. The van der Waals surface area contributed by atoms with E-state index in [1.807, 2.05) is 5.32 Å². The third kappa shape index (κ3) is 1.48. The normalized spacial score (nSPS) is 13.9. The average molecular weight is 188 g/mol. The number of aldehydes is 1. The lowest BCUT2D eigenvalue weighted by atomic mass is 9.88. The SMILES string of the molecule is CNC(=O)C(C=O)(C(N)=O)C(=O)O. The lowest BCUT2D eigenvalue weighted by Gasteiger charge is -2.16. The number of amides is 2. The summed E-state index contributed by atoms with van der Waals surface area (Å²) < 4.78 is 0. The molecule has 2 amide bonds. The third-order valence-electron chi connectivity index (χ3n) is 1.49. The molecular formula is C6H8N2O5. The number of hydrogen-bond acceptors (Lipinski definition) is 4. The molecule has 0 rings (SSSR count). The van der Waals surface area contributed by atoms with Crippen molar-refractivity contribution >= 4 is 24.1 Å². The van der Waals surface area contributed by atoms with Gasteiger partial charge in [-0.3, -0.25) is 14.4 Å². The van der Waals surface area contributed by atoms with E-state index >= 15 is 0 Å². The first-order chi connectivity index (χ1) is 5.93. The molecule has 1 unspecified atom stereocenters. The molecule has 1 atom stereocenters. The van der Waals surface area contributed by atoms with Crippen LogP contribution in [0.1, 0.15) is 0 Å². The minimum Gasteiger partial charge on any atom is -0.480 e. The Bertz CT molecular complexity index is 258. The van der Waals surface area contributed by atoms with E-state index in [1.165, 1.54) is 0 Å². The van der Waals surface area contributed by atoms with E-state index in [-0.39, 0.29) is 6.29 Å². The average Bonchev–Trinajstić information content (AvgIpc) is 2.04. The molecule has 0 saturated heterocycles. The predicted molar refractivity (Wildman–Crippen MR) is 39.4 cm³/mol. The molecule has 0 aromatic carbocycles. The van der Waals surface area contributed by atoms with Crippen molar-refractivity contribution in [2.75, 3.05) is 7.05 Å². The fourth-order valence-electron chi connectivity index (χ4n) is 0.674. The monoisotopic (exact) mass is 188 g/mol. The van der Waals surface area contributed by atoms with E-state index in [2.05, 4.69) is 5.73 Å². The van der Waals surface area contributed by atoms with Gasteiger partial charge in [0.2, 0.25) is 0 Å². The Labute approximate surface area is 72.9 Å². The van der Waals surface area contributed by atoms with Crippen LogP contribution in [0, 0.1) is 5.41 Å². The molecule has 0 heterocycles. The molecule has 0 aromatic heterocycles. The van der Waals surface area contributed by atoms with Crippen LogP contribution in [0.3, 0.4) is 0 Å². The Morgan fingerprint density at radius 3 is 2.00 bits per heavy atom. The zero-order valence-corrected chi connectivity index (χ0v) is 6.73. The highest BCUT2D eigenvalue weighted by Gasteiger charge is 2.52. The van der Waals surface area contributed by atoms with Crippen molar-refractivity contribution in [3.63, 3.8) is 0 Å². The van der Waals surface area contributed by atoms with E-state index in [9.17, 15) is 19.2 Å². The molecule has 0 aromatic rings. The number of rotatable bonds is 4. The van der Waals surface area contributed by atoms with Crippen LogP contribution in [-0.4, -0.2) is 36.2 Å². The maximum absolute atomic E-state index is 10.9. The molecule has 72 valence electrons. The van der Waals surface area contributed by atoms with Crippen LogP contribution in [-0.2, 0) is 19.2 Å². The maximum Gasteiger partial charge on any atom is 0.336 e. The summed E-state index contributed by atoms with van der Waals surface area (Å²) in [7, 11) is 1.09. The number of carbonyl (C=O) groups is 4. The van der Waals surface area contributed by atoms with Crippen LogP contribution >= 0.6 is 0 Å². The van der Waals surface area contributed by atoms with Gasteiger partial charge in [-0.2, -0.15) is 0 Å². The fraction of sp³-hybridized carbons (Fsp3) is 0.333. The minimum absolute atomic E-state index is 0.295. The number of carboxylic acids is 1. The first kappa shape index (κ1) is 11.1. The Kier molecular flexibility index (Phi) is 3.11. The van der Waals surface area contributed by atoms with Crippen molar-refractivity contribution in [1.29, 1.82) is 0 Å². The smallest absolute Gasteiger partial charge is 0.336 e. The van der Waals surface area contributed by atoms with Gasteiger partial charge in [-0.15, -0.1) is 0 Å². The van der Waals surface area contributed by atoms with Crippen LogP contribution < -0.4 is 11.1 Å². The number of nitrogens with one attached hydrogen (secondary N) is 1. The summed E-state index contributed by atoms with van der Waals surface area (Å²) in [5, 5.41) is 10.4. The van der Waals surface area contributed by atoms with Gasteiger partial charge in [0.25, 0.3) is 17.2 Å². The predicted octanol–water partition coefficient (Wildman–Crippen LogP) is -2.51. The third-order valence-corrected chi connectivity index (χ3v) is 1.49. The topological polar surface area (TPSA) is 127 Å². The molecule has 0 aliphatic rings. The van der Waals surface area contributed by atoms with E-state index in [4.69, 9.17) is 5.11 Å². The fourth-order valence-corrected chi connectivity index (χ4v) is 0.674. The van der Waals surface area contributed by atoms with E-state index < -0.39 is 23.2 Å². The Hall–Kier alpha value is -1.92.